The third kappa shape index (κ3) is 6.35. The van der Waals surface area contributed by atoms with Gasteiger partial charge in [0, 0.05) is 36.1 Å². The zero-order chi connectivity index (χ0) is 28.9. The highest BCUT2D eigenvalue weighted by atomic mass is 16.6. The fourth-order valence-corrected chi connectivity index (χ4v) is 5.78. The normalized spacial score (nSPS) is 20.6. The van der Waals surface area contributed by atoms with E-state index in [1.165, 1.54) is 0 Å². The van der Waals surface area contributed by atoms with Crippen molar-refractivity contribution in [3.63, 3.8) is 0 Å². The highest BCUT2D eigenvalue weighted by molar-refractivity contribution is 5.92. The number of aliphatic hydroxyl groups is 1. The number of pyridine rings is 1. The summed E-state index contributed by atoms with van der Waals surface area (Å²) in [7, 11) is 0. The minimum Gasteiger partial charge on any atom is -0.487 e. The first kappa shape index (κ1) is 27.6. The van der Waals surface area contributed by atoms with E-state index in [0.29, 0.717) is 24.4 Å². The Labute approximate surface area is 244 Å². The number of benzene rings is 3. The van der Waals surface area contributed by atoms with E-state index < -0.39 is 6.10 Å². The Morgan fingerprint density at radius 2 is 1.64 bits per heavy atom. The Morgan fingerprint density at radius 3 is 2.40 bits per heavy atom. The molecule has 42 heavy (non-hydrogen) atoms. The molecule has 8 heteroatoms. The number of fused-ring (bicyclic) bond motifs is 3. The van der Waals surface area contributed by atoms with Gasteiger partial charge in [0.05, 0.1) is 25.6 Å². The maximum Gasteiger partial charge on any atom is 0.228 e. The van der Waals surface area contributed by atoms with E-state index in [2.05, 4.69) is 39.9 Å². The van der Waals surface area contributed by atoms with Crippen LogP contribution in [0.2, 0.25) is 0 Å². The van der Waals surface area contributed by atoms with Crippen molar-refractivity contribution >= 4 is 17.5 Å². The average molecular weight is 564 g/mol. The van der Waals surface area contributed by atoms with Gasteiger partial charge in [-0.3, -0.25) is 14.6 Å². The quantitative estimate of drug-likeness (QED) is 0.274. The fourth-order valence-electron chi connectivity index (χ4n) is 5.78. The number of amides is 2. The van der Waals surface area contributed by atoms with Gasteiger partial charge in [0.1, 0.15) is 18.0 Å². The number of aliphatic hydroxyl groups excluding tert-OH is 1. The number of rotatable bonds is 9. The highest BCUT2D eigenvalue weighted by Crippen LogP contribution is 2.47. The summed E-state index contributed by atoms with van der Waals surface area (Å²) in [5.74, 6) is 0.411. The van der Waals surface area contributed by atoms with Crippen LogP contribution >= 0.6 is 0 Å². The minimum absolute atomic E-state index is 0.0636. The van der Waals surface area contributed by atoms with Crippen molar-refractivity contribution in [2.24, 2.45) is 0 Å². The largest absolute Gasteiger partial charge is 0.487 e. The smallest absolute Gasteiger partial charge is 0.228 e. The number of carbonyl (C=O) groups excluding carboxylic acids is 2. The number of hydrogen-bond donors (Lipinski definition) is 3. The predicted molar refractivity (Wildman–Crippen MR) is 159 cm³/mol. The van der Waals surface area contributed by atoms with Gasteiger partial charge in [-0.05, 0) is 59.0 Å². The lowest BCUT2D eigenvalue weighted by Gasteiger charge is -2.37. The van der Waals surface area contributed by atoms with Crippen LogP contribution in [-0.4, -0.2) is 46.8 Å². The molecule has 0 aliphatic carbocycles. The molecule has 6 rings (SSSR count). The summed E-state index contributed by atoms with van der Waals surface area (Å²) in [6, 6.07) is 27.5. The van der Waals surface area contributed by atoms with Crippen LogP contribution in [0.15, 0.2) is 97.3 Å². The molecule has 0 saturated carbocycles. The van der Waals surface area contributed by atoms with Crippen molar-refractivity contribution in [1.29, 1.82) is 0 Å². The Kier molecular flexibility index (Phi) is 8.26. The zero-order valence-electron chi connectivity index (χ0n) is 23.1. The second-order valence-corrected chi connectivity index (χ2v) is 10.8. The van der Waals surface area contributed by atoms with Crippen molar-refractivity contribution in [1.82, 2.24) is 10.3 Å². The average Bonchev–Trinajstić information content (AvgIpc) is 3.38. The maximum atomic E-state index is 12.9. The van der Waals surface area contributed by atoms with Crippen LogP contribution in [0, 0.1) is 0 Å². The van der Waals surface area contributed by atoms with E-state index in [4.69, 9.17) is 9.47 Å². The topological polar surface area (TPSA) is 110 Å². The standard InChI is InChI=1S/C34H33N3O5/c38-21-31-34-29(28-17-26(10-11-30(28)42-34)37-33(40)16-22-12-14-35-15-13-22)18-27(41-31)19-32(39)36-20-23-6-8-25(9-7-23)24-4-2-1-3-5-24/h1-15,17,27,29,31,34,38H,16,18-21H2,(H,36,39)(H,37,40)/t27-,29+,31+,34-/m1/s1. The van der Waals surface area contributed by atoms with Gasteiger partial charge in [-0.1, -0.05) is 54.6 Å². The lowest BCUT2D eigenvalue weighted by atomic mass is 9.84. The van der Waals surface area contributed by atoms with Gasteiger partial charge >= 0.3 is 0 Å². The number of hydrogen-bond acceptors (Lipinski definition) is 6. The summed E-state index contributed by atoms with van der Waals surface area (Å²) in [6.45, 7) is 0.209. The summed E-state index contributed by atoms with van der Waals surface area (Å²) < 4.78 is 12.3. The van der Waals surface area contributed by atoms with Gasteiger partial charge in [-0.15, -0.1) is 0 Å². The van der Waals surface area contributed by atoms with E-state index in [1.54, 1.807) is 12.4 Å². The first-order valence-corrected chi connectivity index (χ1v) is 14.2. The van der Waals surface area contributed by atoms with Crippen LogP contribution in [-0.2, 0) is 27.3 Å². The Balaban J connectivity index is 1.06. The van der Waals surface area contributed by atoms with E-state index in [1.807, 2.05) is 60.7 Å². The van der Waals surface area contributed by atoms with Crippen LogP contribution in [0.4, 0.5) is 5.69 Å². The lowest BCUT2D eigenvalue weighted by molar-refractivity contribution is -0.142. The van der Waals surface area contributed by atoms with Crippen molar-refractivity contribution in [2.75, 3.05) is 11.9 Å². The van der Waals surface area contributed by atoms with Crippen LogP contribution < -0.4 is 15.4 Å². The monoisotopic (exact) mass is 563 g/mol. The Bertz CT molecular complexity index is 1530. The molecule has 1 saturated heterocycles. The molecule has 1 aromatic heterocycles. The summed E-state index contributed by atoms with van der Waals surface area (Å²) in [5.41, 5.74) is 5.80. The molecule has 0 spiro atoms. The summed E-state index contributed by atoms with van der Waals surface area (Å²) in [5, 5.41) is 16.0. The molecule has 2 aliphatic rings. The summed E-state index contributed by atoms with van der Waals surface area (Å²) >= 11 is 0. The van der Waals surface area contributed by atoms with Crippen molar-refractivity contribution in [3.05, 3.63) is 114 Å². The molecule has 2 aliphatic heterocycles. The third-order valence-electron chi connectivity index (χ3n) is 7.86. The molecule has 8 nitrogen and oxygen atoms in total. The molecule has 1 fully saturated rings. The molecule has 3 aromatic carbocycles. The van der Waals surface area contributed by atoms with Crippen molar-refractivity contribution in [2.45, 2.75) is 50.0 Å². The first-order valence-electron chi connectivity index (χ1n) is 14.2. The summed E-state index contributed by atoms with van der Waals surface area (Å²) in [4.78, 5) is 29.5. The third-order valence-corrected chi connectivity index (χ3v) is 7.86. The molecule has 0 unspecified atom stereocenters. The van der Waals surface area contributed by atoms with Crippen LogP contribution in [0.1, 0.15) is 35.4 Å². The number of nitrogens with zero attached hydrogens (tertiary/aromatic N) is 1. The zero-order valence-corrected chi connectivity index (χ0v) is 23.1. The molecule has 3 heterocycles. The van der Waals surface area contributed by atoms with Crippen LogP contribution in [0.3, 0.4) is 0 Å². The molecule has 2 amide bonds. The maximum absolute atomic E-state index is 12.9. The number of aromatic nitrogens is 1. The molecule has 0 bridgehead atoms. The Hall–Kier alpha value is -4.53. The number of carbonyl (C=O) groups is 2. The van der Waals surface area contributed by atoms with Crippen LogP contribution in [0.5, 0.6) is 5.75 Å². The second-order valence-electron chi connectivity index (χ2n) is 10.8. The van der Waals surface area contributed by atoms with Gasteiger partial charge in [0.15, 0.2) is 0 Å². The fraction of sp³-hybridized carbons (Fsp3) is 0.265. The highest BCUT2D eigenvalue weighted by Gasteiger charge is 2.46. The van der Waals surface area contributed by atoms with Gasteiger partial charge in [0.2, 0.25) is 11.8 Å². The van der Waals surface area contributed by atoms with E-state index in [0.717, 1.165) is 27.8 Å². The van der Waals surface area contributed by atoms with Crippen LogP contribution in [0.25, 0.3) is 11.1 Å². The van der Waals surface area contributed by atoms with E-state index in [-0.39, 0.29) is 49.4 Å². The molecular formula is C34H33N3O5. The van der Waals surface area contributed by atoms with Gasteiger partial charge in [-0.2, -0.15) is 0 Å². The number of nitrogens with one attached hydrogen (secondary N) is 2. The van der Waals surface area contributed by atoms with E-state index in [9.17, 15) is 14.7 Å². The Morgan fingerprint density at radius 1 is 0.881 bits per heavy atom. The number of ether oxygens (including phenoxy) is 2. The predicted octanol–water partition coefficient (Wildman–Crippen LogP) is 4.63. The molecule has 4 aromatic rings. The van der Waals surface area contributed by atoms with Gasteiger partial charge < -0.3 is 25.2 Å². The lowest BCUT2D eigenvalue weighted by Crippen LogP contribution is -2.47. The molecule has 0 radical (unpaired) electrons. The van der Waals surface area contributed by atoms with Gasteiger partial charge in [0.25, 0.3) is 0 Å². The van der Waals surface area contributed by atoms with Crippen molar-refractivity contribution < 1.29 is 24.2 Å². The second kappa shape index (κ2) is 12.5. The molecule has 3 N–H and O–H groups in total. The first-order chi connectivity index (χ1) is 20.6. The van der Waals surface area contributed by atoms with E-state index >= 15 is 0 Å². The molecule has 214 valence electrons. The minimum atomic E-state index is -0.552. The van der Waals surface area contributed by atoms with Gasteiger partial charge in [-0.25, -0.2) is 0 Å². The number of anilines is 1. The SMILES string of the molecule is O=C(C[C@H]1C[C@H]2c3cc(NC(=O)Cc4ccncc4)ccc3O[C@H]2[C@H](CO)O1)NCc1ccc(-c2ccccc2)cc1. The summed E-state index contributed by atoms with van der Waals surface area (Å²) in [6.07, 6.45) is 3.05. The molecule has 4 atom stereocenters. The van der Waals surface area contributed by atoms with Crippen molar-refractivity contribution in [3.8, 4) is 16.9 Å². The molecular weight excluding hydrogens is 530 g/mol.